The van der Waals surface area contributed by atoms with Crippen LogP contribution in [0.1, 0.15) is 12.5 Å². The molecule has 3 aromatic rings. The number of rotatable bonds is 5. The molecule has 3 heterocycles. The molecule has 3 aromatic heterocycles. The van der Waals surface area contributed by atoms with E-state index in [2.05, 4.69) is 27.1 Å². The van der Waals surface area contributed by atoms with Crippen molar-refractivity contribution in [3.05, 3.63) is 63.1 Å². The highest BCUT2D eigenvalue weighted by molar-refractivity contribution is 5.80. The number of aromatic nitrogens is 5. The molecule has 0 amide bonds. The highest BCUT2D eigenvalue weighted by atomic mass is 16.2. The van der Waals surface area contributed by atoms with Crippen LogP contribution in [0.4, 0.5) is 5.95 Å². The first kappa shape index (κ1) is 17.3. The summed E-state index contributed by atoms with van der Waals surface area (Å²) < 4.78 is 4.06. The second kappa shape index (κ2) is 6.79. The number of anilines is 1. The Balaban J connectivity index is 2.12. The van der Waals surface area contributed by atoms with Crippen LogP contribution in [-0.4, -0.2) is 29.9 Å². The highest BCUT2D eigenvalue weighted by Gasteiger charge is 2.18. The summed E-state index contributed by atoms with van der Waals surface area (Å²) in [6, 6.07) is 3.66. The lowest BCUT2D eigenvalue weighted by atomic mass is 10.3. The fourth-order valence-electron chi connectivity index (χ4n) is 2.57. The van der Waals surface area contributed by atoms with Gasteiger partial charge in [0.05, 0.1) is 6.21 Å². The number of allylic oxidation sites excluding steroid dienone is 1. The van der Waals surface area contributed by atoms with Gasteiger partial charge in [-0.05, 0) is 13.0 Å². The predicted octanol–water partition coefficient (Wildman–Crippen LogP) is 0.851. The number of imidazole rings is 1. The number of nitrogens with zero attached hydrogens (tertiary/aromatic N) is 6. The fourth-order valence-corrected chi connectivity index (χ4v) is 2.57. The van der Waals surface area contributed by atoms with E-state index in [9.17, 15) is 9.59 Å². The summed E-state index contributed by atoms with van der Waals surface area (Å²) in [5.74, 6) is 0.349. The lowest BCUT2D eigenvalue weighted by Gasteiger charge is -2.08. The Labute approximate surface area is 148 Å². The topological polar surface area (TPSA) is 99.1 Å². The van der Waals surface area contributed by atoms with Crippen LogP contribution in [0.15, 0.2) is 51.4 Å². The van der Waals surface area contributed by atoms with Crippen molar-refractivity contribution in [1.29, 1.82) is 0 Å². The van der Waals surface area contributed by atoms with Crippen molar-refractivity contribution in [2.75, 3.05) is 5.43 Å². The van der Waals surface area contributed by atoms with Gasteiger partial charge in [-0.1, -0.05) is 18.2 Å². The van der Waals surface area contributed by atoms with Gasteiger partial charge in [0.15, 0.2) is 11.2 Å². The van der Waals surface area contributed by atoms with E-state index in [0.29, 0.717) is 23.7 Å². The van der Waals surface area contributed by atoms with Crippen molar-refractivity contribution < 1.29 is 0 Å². The van der Waals surface area contributed by atoms with Gasteiger partial charge in [0.2, 0.25) is 5.95 Å². The zero-order valence-electron chi connectivity index (χ0n) is 14.8. The molecule has 0 aliphatic rings. The minimum Gasteiger partial charge on any atom is -0.299 e. The molecule has 9 nitrogen and oxygen atoms in total. The van der Waals surface area contributed by atoms with Gasteiger partial charge in [-0.15, -0.1) is 0 Å². The molecular weight excluding hydrogens is 334 g/mol. The normalized spacial score (nSPS) is 11.3. The van der Waals surface area contributed by atoms with Crippen LogP contribution in [0.25, 0.3) is 11.2 Å². The zero-order chi connectivity index (χ0) is 18.8. The average Bonchev–Trinajstić information content (AvgIpc) is 2.97. The van der Waals surface area contributed by atoms with E-state index >= 15 is 0 Å². The van der Waals surface area contributed by atoms with E-state index in [1.54, 1.807) is 36.3 Å². The standard InChI is InChI=1S/C17H19N7O2/c1-11(2)10-24-13-14(22(3)17(26)23(4)15(13)25)20-16(24)21-19-9-12-6-5-7-18-8-12/h5-9H,1,10H2,2-4H3,(H,20,21). The molecule has 9 heteroatoms. The maximum Gasteiger partial charge on any atom is 0.332 e. The Morgan fingerprint density at radius 3 is 2.77 bits per heavy atom. The van der Waals surface area contributed by atoms with Gasteiger partial charge in [-0.25, -0.2) is 10.2 Å². The molecule has 0 atom stereocenters. The van der Waals surface area contributed by atoms with Gasteiger partial charge >= 0.3 is 5.69 Å². The number of hydrogen-bond donors (Lipinski definition) is 1. The second-order valence-electron chi connectivity index (χ2n) is 6.01. The van der Waals surface area contributed by atoms with E-state index in [1.807, 2.05) is 13.0 Å². The fraction of sp³-hybridized carbons (Fsp3) is 0.235. The van der Waals surface area contributed by atoms with E-state index in [1.165, 1.54) is 11.6 Å². The Morgan fingerprint density at radius 2 is 2.12 bits per heavy atom. The summed E-state index contributed by atoms with van der Waals surface area (Å²) in [6.45, 7) is 6.12. The van der Waals surface area contributed by atoms with Gasteiger partial charge in [0.25, 0.3) is 5.56 Å². The molecule has 0 aliphatic heterocycles. The average molecular weight is 353 g/mol. The summed E-state index contributed by atoms with van der Waals surface area (Å²) in [5, 5.41) is 4.16. The van der Waals surface area contributed by atoms with Gasteiger partial charge < -0.3 is 0 Å². The first-order valence-electron chi connectivity index (χ1n) is 7.90. The molecule has 134 valence electrons. The van der Waals surface area contributed by atoms with E-state index in [4.69, 9.17) is 0 Å². The third-order valence-electron chi connectivity index (χ3n) is 3.84. The molecule has 0 radical (unpaired) electrons. The molecule has 1 N–H and O–H groups in total. The Bertz CT molecular complexity index is 1120. The van der Waals surface area contributed by atoms with Crippen molar-refractivity contribution >= 4 is 23.3 Å². The number of hydrazone groups is 1. The highest BCUT2D eigenvalue weighted by Crippen LogP contribution is 2.17. The lowest BCUT2D eigenvalue weighted by molar-refractivity contribution is 0.702. The van der Waals surface area contributed by atoms with E-state index < -0.39 is 11.2 Å². The monoisotopic (exact) mass is 353 g/mol. The van der Waals surface area contributed by atoms with Crippen LogP contribution in [-0.2, 0) is 20.6 Å². The van der Waals surface area contributed by atoms with Gasteiger partial charge in [0, 0.05) is 38.6 Å². The summed E-state index contributed by atoms with van der Waals surface area (Å²) in [5.41, 5.74) is 4.24. The van der Waals surface area contributed by atoms with Crippen LogP contribution in [0.3, 0.4) is 0 Å². The molecule has 0 saturated heterocycles. The van der Waals surface area contributed by atoms with Gasteiger partial charge in [0.1, 0.15) is 0 Å². The maximum absolute atomic E-state index is 12.6. The van der Waals surface area contributed by atoms with Crippen LogP contribution >= 0.6 is 0 Å². The lowest BCUT2D eigenvalue weighted by Crippen LogP contribution is -2.37. The largest absolute Gasteiger partial charge is 0.332 e. The molecule has 0 bridgehead atoms. The molecule has 0 unspecified atom stereocenters. The zero-order valence-corrected chi connectivity index (χ0v) is 14.8. The van der Waals surface area contributed by atoms with Crippen LogP contribution < -0.4 is 16.7 Å². The van der Waals surface area contributed by atoms with Crippen molar-refractivity contribution in [3.63, 3.8) is 0 Å². The van der Waals surface area contributed by atoms with Crippen molar-refractivity contribution in [2.45, 2.75) is 13.5 Å². The smallest absolute Gasteiger partial charge is 0.299 e. The number of fused-ring (bicyclic) bond motifs is 1. The first-order chi connectivity index (χ1) is 12.4. The van der Waals surface area contributed by atoms with Crippen molar-refractivity contribution in [1.82, 2.24) is 23.7 Å². The van der Waals surface area contributed by atoms with E-state index in [-0.39, 0.29) is 0 Å². The van der Waals surface area contributed by atoms with Gasteiger partial charge in [-0.2, -0.15) is 10.1 Å². The number of hydrogen-bond acceptors (Lipinski definition) is 6. The number of nitrogens with one attached hydrogen (secondary N) is 1. The molecule has 26 heavy (non-hydrogen) atoms. The third kappa shape index (κ3) is 3.06. The molecule has 0 fully saturated rings. The SMILES string of the molecule is C=C(C)Cn1c(NN=Cc2cccnc2)nc2c1c(=O)n(C)c(=O)n2C. The first-order valence-corrected chi connectivity index (χ1v) is 7.90. The Kier molecular flexibility index (Phi) is 4.53. The maximum atomic E-state index is 12.6. The van der Waals surface area contributed by atoms with Crippen molar-refractivity contribution in [3.8, 4) is 0 Å². The van der Waals surface area contributed by atoms with Crippen LogP contribution in [0, 0.1) is 0 Å². The molecule has 3 rings (SSSR count). The predicted molar refractivity (Wildman–Crippen MR) is 100 cm³/mol. The summed E-state index contributed by atoms with van der Waals surface area (Å²) in [7, 11) is 3.01. The molecule has 0 aliphatic carbocycles. The summed E-state index contributed by atoms with van der Waals surface area (Å²) in [6.07, 6.45) is 4.93. The third-order valence-corrected chi connectivity index (χ3v) is 3.84. The summed E-state index contributed by atoms with van der Waals surface area (Å²) in [4.78, 5) is 33.1. The van der Waals surface area contributed by atoms with Crippen molar-refractivity contribution in [2.24, 2.45) is 19.2 Å². The Hall–Kier alpha value is -3.49. The minimum atomic E-state index is -0.437. The second-order valence-corrected chi connectivity index (χ2v) is 6.01. The summed E-state index contributed by atoms with van der Waals surface area (Å²) >= 11 is 0. The van der Waals surface area contributed by atoms with E-state index in [0.717, 1.165) is 15.7 Å². The van der Waals surface area contributed by atoms with Crippen LogP contribution in [0.5, 0.6) is 0 Å². The minimum absolute atomic E-state index is 0.290. The quantitative estimate of drug-likeness (QED) is 0.416. The van der Waals surface area contributed by atoms with Gasteiger partial charge in [-0.3, -0.25) is 23.5 Å². The molecule has 0 aromatic carbocycles. The number of pyridine rings is 1. The molecule has 0 saturated carbocycles. The Morgan fingerprint density at radius 1 is 1.35 bits per heavy atom. The molecule has 0 spiro atoms. The van der Waals surface area contributed by atoms with Crippen LogP contribution in [0.2, 0.25) is 0 Å². The number of aryl methyl sites for hydroxylation is 1. The molecular formula is C17H19N7O2.